The van der Waals surface area contributed by atoms with Crippen molar-refractivity contribution in [1.82, 2.24) is 29.9 Å². The molecule has 132 heavy (non-hydrogen) atoms. The summed E-state index contributed by atoms with van der Waals surface area (Å²) in [5, 5.41) is 5.27. The van der Waals surface area contributed by atoms with Crippen LogP contribution in [0, 0.1) is 98.7 Å². The summed E-state index contributed by atoms with van der Waals surface area (Å²) in [6, 6.07) is 126. The predicted molar refractivity (Wildman–Crippen MR) is 525 cm³/mol. The molecular weight excluding hydrogens is 2200 g/mol. The number of aryl methyl sites for hydroxylation is 8. The van der Waals surface area contributed by atoms with E-state index in [1.165, 1.54) is 94.6 Å². The molecule has 0 saturated carbocycles. The molecular formula is C115H95F2Ir3N7O3Si2-6. The van der Waals surface area contributed by atoms with E-state index in [9.17, 15) is 8.22 Å². The van der Waals surface area contributed by atoms with Crippen molar-refractivity contribution in [3.05, 3.63) is 451 Å². The number of para-hydroxylation sites is 4. The molecule has 18 aromatic rings. The number of hydrogen-bond donors (Lipinski definition) is 0. The summed E-state index contributed by atoms with van der Waals surface area (Å²) < 4.78 is 48.6. The van der Waals surface area contributed by atoms with E-state index >= 15 is 0 Å². The Morgan fingerprint density at radius 1 is 0.326 bits per heavy atom. The summed E-state index contributed by atoms with van der Waals surface area (Å²) in [6.45, 7) is 26.0. The predicted octanol–water partition coefficient (Wildman–Crippen LogP) is 25.0. The third-order valence-electron chi connectivity index (χ3n) is 22.9. The second kappa shape index (κ2) is 43.4. The van der Waals surface area contributed by atoms with Crippen LogP contribution in [0.3, 0.4) is 0 Å². The van der Waals surface area contributed by atoms with Gasteiger partial charge in [-0.05, 0) is 180 Å². The monoisotopic (exact) mass is 2290 g/mol. The quantitative estimate of drug-likeness (QED) is 0.0787. The minimum atomic E-state index is -4.77. The van der Waals surface area contributed by atoms with E-state index in [2.05, 4.69) is 276 Å². The van der Waals surface area contributed by atoms with Gasteiger partial charge in [-0.25, -0.2) is 0 Å². The number of halogens is 2. The molecule has 3 aliphatic rings. The smallest absolute Gasteiger partial charge is 0.477 e. The van der Waals surface area contributed by atoms with Gasteiger partial charge in [0.05, 0.1) is 11.4 Å². The van der Waals surface area contributed by atoms with E-state index in [1.807, 2.05) is 170 Å². The SMILES string of the molecule is CC(C)(C)c1ccc(N2c3ccc(-c4ccccn4)[c-]c3Oc3ccccc32)cc1.Cc1[c-]c(-c2ccccn2)cc(C)c1C.Cc1cc(C)cc([Si]2(c3cc(C)cc(C)c3)c3ccccc3Oc3c(-c4ccccn4)[c-]ccc32)c1.Cc1cnc(-c2[c-]cccc2)cc1C.F[Si]1(F)c2ccccc2Oc2c(-c3ccccn3)[c-]ccc21.[Ir].[Ir].[Ir].[c-]1ccccc1-c1ccccn1. The van der Waals surface area contributed by atoms with Crippen LogP contribution in [-0.2, 0) is 65.7 Å². The zero-order valence-electron chi connectivity index (χ0n) is 75.2. The van der Waals surface area contributed by atoms with Gasteiger partial charge in [0.1, 0.15) is 17.2 Å². The maximum atomic E-state index is 14.9. The van der Waals surface area contributed by atoms with E-state index in [0.717, 1.165) is 90.6 Å². The summed E-state index contributed by atoms with van der Waals surface area (Å²) in [5.41, 5.74) is 26.7. The first-order chi connectivity index (χ1) is 62.6. The molecule has 0 unspecified atom stereocenters. The van der Waals surface area contributed by atoms with Crippen LogP contribution in [0.15, 0.2) is 359 Å². The van der Waals surface area contributed by atoms with Crippen molar-refractivity contribution in [2.24, 2.45) is 0 Å². The fourth-order valence-corrected chi connectivity index (χ4v) is 23.4. The Balaban J connectivity index is 0.000000140. The fourth-order valence-electron chi connectivity index (χ4n) is 16.2. The van der Waals surface area contributed by atoms with Crippen LogP contribution in [-0.4, -0.2) is 46.7 Å². The molecule has 3 radical (unpaired) electrons. The Bertz CT molecular complexity index is 6820. The minimum Gasteiger partial charge on any atom is -0.502 e. The van der Waals surface area contributed by atoms with Crippen LogP contribution < -0.4 is 50.2 Å². The number of rotatable bonds is 9. The second-order valence-corrected chi connectivity index (χ2v) is 39.1. The molecule has 9 heterocycles. The fraction of sp³-hybridized carbons (Fsp3) is 0.113. The molecule has 0 atom stereocenters. The molecule has 0 aliphatic carbocycles. The summed E-state index contributed by atoms with van der Waals surface area (Å²) in [4.78, 5) is 28.5. The van der Waals surface area contributed by atoms with Gasteiger partial charge in [-0.15, -0.1) is 160 Å². The Morgan fingerprint density at radius 3 is 1.27 bits per heavy atom. The molecule has 663 valence electrons. The van der Waals surface area contributed by atoms with Crippen LogP contribution in [0.4, 0.5) is 25.3 Å². The second-order valence-electron chi connectivity index (χ2n) is 33.2. The number of nitrogens with zero attached hydrogens (tertiary/aromatic N) is 7. The van der Waals surface area contributed by atoms with Crippen LogP contribution in [0.2, 0.25) is 0 Å². The molecule has 0 amide bonds. The van der Waals surface area contributed by atoms with Crippen molar-refractivity contribution in [1.29, 1.82) is 0 Å². The Morgan fingerprint density at radius 2 is 0.773 bits per heavy atom. The van der Waals surface area contributed by atoms with Gasteiger partial charge in [0.15, 0.2) is 8.07 Å². The number of pyridine rings is 6. The van der Waals surface area contributed by atoms with Crippen molar-refractivity contribution in [2.45, 2.75) is 88.5 Å². The summed E-state index contributed by atoms with van der Waals surface area (Å²) in [5.74, 6) is 3.72. The van der Waals surface area contributed by atoms with Crippen molar-refractivity contribution in [3.63, 3.8) is 0 Å². The third kappa shape index (κ3) is 21.6. The van der Waals surface area contributed by atoms with Gasteiger partial charge in [-0.1, -0.05) is 256 Å². The van der Waals surface area contributed by atoms with E-state index < -0.39 is 16.8 Å². The largest absolute Gasteiger partial charge is 0.502 e. The number of ether oxygens (including phenoxy) is 3. The molecule has 12 aromatic carbocycles. The van der Waals surface area contributed by atoms with Crippen LogP contribution >= 0.6 is 0 Å². The van der Waals surface area contributed by atoms with Gasteiger partial charge in [-0.3, -0.25) is 8.22 Å². The Hall–Kier alpha value is -13.0. The van der Waals surface area contributed by atoms with E-state index in [4.69, 9.17) is 14.2 Å². The maximum Gasteiger partial charge on any atom is 0.477 e. The van der Waals surface area contributed by atoms with Gasteiger partial charge in [0.25, 0.3) is 0 Å². The van der Waals surface area contributed by atoms with Gasteiger partial charge < -0.3 is 49.0 Å². The zero-order chi connectivity index (χ0) is 89.8. The molecule has 17 heteroatoms. The first-order valence-electron chi connectivity index (χ1n) is 43.0. The van der Waals surface area contributed by atoms with Crippen molar-refractivity contribution < 1.29 is 82.7 Å². The average Bonchev–Trinajstić information content (AvgIpc) is 0.696. The van der Waals surface area contributed by atoms with E-state index in [1.54, 1.807) is 48.9 Å². The maximum absolute atomic E-state index is 14.9. The van der Waals surface area contributed by atoms with E-state index in [0.29, 0.717) is 17.0 Å². The van der Waals surface area contributed by atoms with Gasteiger partial charge in [-0.2, -0.15) is 0 Å². The minimum absolute atomic E-state index is 0. The Kier molecular flexibility index (Phi) is 31.7. The molecule has 3 aliphatic heterocycles. The topological polar surface area (TPSA) is 108 Å². The molecule has 6 aromatic heterocycles. The number of hydrogen-bond acceptors (Lipinski definition) is 10. The van der Waals surface area contributed by atoms with Crippen molar-refractivity contribution in [3.8, 4) is 102 Å². The number of aromatic nitrogens is 6. The molecule has 10 nitrogen and oxygen atoms in total. The first-order valence-corrected chi connectivity index (χ1v) is 46.7. The summed E-state index contributed by atoms with van der Waals surface area (Å²) in [6.07, 6.45) is 10.8. The Labute approximate surface area is 816 Å². The van der Waals surface area contributed by atoms with Crippen LogP contribution in [0.25, 0.3) is 67.5 Å². The summed E-state index contributed by atoms with van der Waals surface area (Å²) >= 11 is 0. The molecule has 21 rings (SSSR count). The van der Waals surface area contributed by atoms with Gasteiger partial charge in [0.2, 0.25) is 0 Å². The van der Waals surface area contributed by atoms with E-state index in [-0.39, 0.29) is 87.6 Å². The van der Waals surface area contributed by atoms with Crippen LogP contribution in [0.5, 0.6) is 34.5 Å². The summed E-state index contributed by atoms with van der Waals surface area (Å²) in [7, 11) is -7.51. The molecule has 0 fully saturated rings. The molecule has 0 N–H and O–H groups in total. The molecule has 0 bridgehead atoms. The third-order valence-corrected chi connectivity index (χ3v) is 29.8. The van der Waals surface area contributed by atoms with Crippen molar-refractivity contribution in [2.75, 3.05) is 4.90 Å². The first kappa shape index (κ1) is 96.5. The molecule has 0 saturated heterocycles. The number of anilines is 3. The normalized spacial score (nSPS) is 12.1. The van der Waals surface area contributed by atoms with Gasteiger partial charge in [0, 0.05) is 126 Å². The van der Waals surface area contributed by atoms with Crippen LogP contribution in [0.1, 0.15) is 76.4 Å². The zero-order valence-corrected chi connectivity index (χ0v) is 84.4. The molecule has 0 spiro atoms. The number of fused-ring (bicyclic) bond motifs is 6. The standard InChI is InChI=1S/C33H28NOSi.C27H23N2O.C17H10F2NOSi.C14H14N.C13H12N.C11H8N.3Ir/c1-22-16-23(2)19-26(18-22)36(27-20-24(3)17-25(4)21-27)31-13-6-5-12-30(31)35-33-28(10-9-14-32(33)36)29-11-7-8-15-34-29;1-27(2,3)20-12-14-21(15-13-20)29-23-9-4-5-10-25(23)30-26-18-19(11-16-24(26)29)22-8-6-7-17-28-22;18-22(19)15-9-2-1-8-14(15)21-17-12(6-5-10-16(17)22)13-7-3-4-11-20-13;1-10-8-13(9-11(2)12(10)3)14-6-4-5-7-15-14;1-10-8-13(14-9-11(10)2)12-6-4-3-5-7-12;1-2-6-10(7-3-1)11-8-4-5-9-12-11;;;/h5-9,11-21H,1-4H3;4-17H,1-3H3;1-5,7-11H;4-8H,1-3H3;3-6,8-9H,1-2H3;1-6,8-9H;;;/q6*-1;;;. The van der Waals surface area contributed by atoms with Gasteiger partial charge >= 0.3 is 8.74 Å². The van der Waals surface area contributed by atoms with Crippen molar-refractivity contribution >= 4 is 65.0 Å². The average molecular weight is 2290 g/mol. The number of benzene rings is 12.